The molecule has 12 heteroatoms. The van der Waals surface area contributed by atoms with E-state index in [1.54, 1.807) is 0 Å². The van der Waals surface area contributed by atoms with Gasteiger partial charge in [-0.15, -0.1) is 0 Å². The Balaban J connectivity index is 2.09. The molecule has 2 heterocycles. The van der Waals surface area contributed by atoms with Crippen LogP contribution in [0.25, 0.3) is 0 Å². The quantitative estimate of drug-likeness (QED) is 0.636. The topological polar surface area (TPSA) is 138 Å². The summed E-state index contributed by atoms with van der Waals surface area (Å²) in [5.74, 6) is -1.45. The number of nitrogens with zero attached hydrogens (tertiary/aromatic N) is 3. The molecule has 0 amide bonds. The van der Waals surface area contributed by atoms with E-state index in [4.69, 9.17) is 9.26 Å². The van der Waals surface area contributed by atoms with Crippen LogP contribution in [0, 0.1) is 0 Å². The summed E-state index contributed by atoms with van der Waals surface area (Å²) in [5.41, 5.74) is -0.207. The van der Waals surface area contributed by atoms with Gasteiger partial charge < -0.3 is 18.7 Å². The van der Waals surface area contributed by atoms with Gasteiger partial charge in [0.1, 0.15) is 6.04 Å². The maximum Gasteiger partial charge on any atom is 0.337 e. The summed E-state index contributed by atoms with van der Waals surface area (Å²) in [6.07, 6.45) is 1.09. The molecule has 0 unspecified atom stereocenters. The van der Waals surface area contributed by atoms with Crippen molar-refractivity contribution in [3.05, 3.63) is 41.5 Å². The lowest BCUT2D eigenvalue weighted by Gasteiger charge is -2.32. The van der Waals surface area contributed by atoms with Crippen LogP contribution < -0.4 is 0 Å². The molecule has 0 spiro atoms. The highest BCUT2D eigenvalue weighted by Gasteiger charge is 2.38. The lowest BCUT2D eigenvalue weighted by atomic mass is 10.1. The SMILES string of the molecule is COC(=O)c1cc(C(=O)OC)cc(S(=O)(=O)N2CCOC[C@H]2c2ncon2)c1. The Labute approximate surface area is 160 Å². The van der Waals surface area contributed by atoms with Gasteiger partial charge in [0.2, 0.25) is 16.4 Å². The van der Waals surface area contributed by atoms with Crippen LogP contribution in [0.3, 0.4) is 0 Å². The van der Waals surface area contributed by atoms with E-state index in [0.29, 0.717) is 0 Å². The van der Waals surface area contributed by atoms with E-state index >= 15 is 0 Å². The third-order valence-electron chi connectivity index (χ3n) is 4.11. The van der Waals surface area contributed by atoms with E-state index in [0.717, 1.165) is 37.1 Å². The molecule has 1 aliphatic heterocycles. The lowest BCUT2D eigenvalue weighted by Crippen LogP contribution is -2.43. The molecule has 1 atom stereocenters. The largest absolute Gasteiger partial charge is 0.465 e. The molecule has 1 aromatic heterocycles. The minimum absolute atomic E-state index is 0.0253. The molecule has 1 aromatic carbocycles. The van der Waals surface area contributed by atoms with Crippen molar-refractivity contribution in [3.63, 3.8) is 0 Å². The first kappa shape index (κ1) is 19.9. The maximum absolute atomic E-state index is 13.3. The van der Waals surface area contributed by atoms with Crippen LogP contribution in [-0.4, -0.2) is 68.8 Å². The smallest absolute Gasteiger partial charge is 0.337 e. The van der Waals surface area contributed by atoms with Gasteiger partial charge in [-0.25, -0.2) is 18.0 Å². The first-order valence-corrected chi connectivity index (χ1v) is 9.50. The molecule has 150 valence electrons. The Morgan fingerprint density at radius 1 is 1.14 bits per heavy atom. The second-order valence-electron chi connectivity index (χ2n) is 5.73. The van der Waals surface area contributed by atoms with E-state index in [-0.39, 0.29) is 41.6 Å². The first-order valence-electron chi connectivity index (χ1n) is 8.06. The van der Waals surface area contributed by atoms with E-state index in [9.17, 15) is 18.0 Å². The predicted octanol–water partition coefficient (Wildman–Crippen LogP) is 0.405. The number of morpholine rings is 1. The molecule has 1 fully saturated rings. The van der Waals surface area contributed by atoms with Gasteiger partial charge in [0, 0.05) is 6.54 Å². The second-order valence-corrected chi connectivity index (χ2v) is 7.62. The summed E-state index contributed by atoms with van der Waals surface area (Å²) in [4.78, 5) is 27.5. The minimum Gasteiger partial charge on any atom is -0.465 e. The summed E-state index contributed by atoms with van der Waals surface area (Å²) in [7, 11) is -1.85. The van der Waals surface area contributed by atoms with Crippen molar-refractivity contribution < 1.29 is 36.7 Å². The predicted molar refractivity (Wildman–Crippen MR) is 90.9 cm³/mol. The number of hydrogen-bond donors (Lipinski definition) is 0. The third-order valence-corrected chi connectivity index (χ3v) is 6.00. The third kappa shape index (κ3) is 3.74. The first-order chi connectivity index (χ1) is 13.4. The number of carbonyl (C=O) groups excluding carboxylic acids is 2. The Morgan fingerprint density at radius 2 is 1.79 bits per heavy atom. The molecule has 0 saturated carbocycles. The number of methoxy groups -OCH3 is 2. The van der Waals surface area contributed by atoms with Gasteiger partial charge in [0.05, 0.1) is 43.5 Å². The van der Waals surface area contributed by atoms with E-state index < -0.39 is 28.0 Å². The number of hydrogen-bond acceptors (Lipinski definition) is 10. The van der Waals surface area contributed by atoms with Gasteiger partial charge in [-0.1, -0.05) is 5.16 Å². The number of esters is 2. The van der Waals surface area contributed by atoms with Crippen LogP contribution in [-0.2, 0) is 24.2 Å². The lowest BCUT2D eigenvalue weighted by molar-refractivity contribution is 0.0282. The molecular formula is C16H17N3O8S. The highest BCUT2D eigenvalue weighted by molar-refractivity contribution is 7.89. The fourth-order valence-electron chi connectivity index (χ4n) is 2.76. The normalized spacial score (nSPS) is 17.9. The number of carbonyl (C=O) groups is 2. The van der Waals surface area contributed by atoms with Gasteiger partial charge in [0.25, 0.3) is 0 Å². The summed E-state index contributed by atoms with van der Waals surface area (Å²) in [6, 6.07) is 2.65. The number of ether oxygens (including phenoxy) is 3. The van der Waals surface area contributed by atoms with Crippen molar-refractivity contribution in [1.82, 2.24) is 14.4 Å². The maximum atomic E-state index is 13.3. The standard InChI is InChI=1S/C16H17N3O8S/c1-24-15(20)10-5-11(16(21)25-2)7-12(6-10)28(22,23)19-3-4-26-8-13(19)14-17-9-27-18-14/h5-7,9,13H,3-4,8H2,1-2H3/t13-/m0/s1. The number of rotatable bonds is 5. The zero-order chi connectivity index (χ0) is 20.3. The van der Waals surface area contributed by atoms with Crippen LogP contribution in [0.1, 0.15) is 32.6 Å². The fraction of sp³-hybridized carbons (Fsp3) is 0.375. The molecule has 11 nitrogen and oxygen atoms in total. The zero-order valence-electron chi connectivity index (χ0n) is 15.0. The molecule has 0 aliphatic carbocycles. The van der Waals surface area contributed by atoms with Crippen LogP contribution in [0.5, 0.6) is 0 Å². The van der Waals surface area contributed by atoms with Gasteiger partial charge in [-0.05, 0) is 18.2 Å². The summed E-state index contributed by atoms with van der Waals surface area (Å²) >= 11 is 0. The van der Waals surface area contributed by atoms with Crippen molar-refractivity contribution in [2.24, 2.45) is 0 Å². The molecule has 1 saturated heterocycles. The fourth-order valence-corrected chi connectivity index (χ4v) is 4.39. The molecular weight excluding hydrogens is 394 g/mol. The monoisotopic (exact) mass is 411 g/mol. The van der Waals surface area contributed by atoms with Gasteiger partial charge in [0.15, 0.2) is 5.82 Å². The summed E-state index contributed by atoms with van der Waals surface area (Å²) in [5, 5.41) is 3.69. The van der Waals surface area contributed by atoms with Crippen LogP contribution in [0.4, 0.5) is 0 Å². The molecule has 3 rings (SSSR count). The highest BCUT2D eigenvalue weighted by Crippen LogP contribution is 2.29. The Morgan fingerprint density at radius 3 is 2.32 bits per heavy atom. The number of benzene rings is 1. The van der Waals surface area contributed by atoms with E-state index in [1.807, 2.05) is 0 Å². The summed E-state index contributed by atoms with van der Waals surface area (Å²) < 4.78 is 47.1. The van der Waals surface area contributed by atoms with Crippen molar-refractivity contribution in [2.45, 2.75) is 10.9 Å². The number of aromatic nitrogens is 2. The van der Waals surface area contributed by atoms with Crippen LogP contribution in [0.2, 0.25) is 0 Å². The van der Waals surface area contributed by atoms with E-state index in [2.05, 4.69) is 19.6 Å². The van der Waals surface area contributed by atoms with Crippen LogP contribution >= 0.6 is 0 Å². The van der Waals surface area contributed by atoms with Crippen molar-refractivity contribution in [1.29, 1.82) is 0 Å². The van der Waals surface area contributed by atoms with Gasteiger partial charge in [-0.3, -0.25) is 0 Å². The summed E-state index contributed by atoms with van der Waals surface area (Å²) in [6.45, 7) is 0.213. The van der Waals surface area contributed by atoms with Crippen LogP contribution in [0.15, 0.2) is 34.0 Å². The molecule has 1 aliphatic rings. The average Bonchev–Trinajstić information content (AvgIpc) is 3.27. The van der Waals surface area contributed by atoms with Crippen molar-refractivity contribution >= 4 is 22.0 Å². The van der Waals surface area contributed by atoms with Crippen molar-refractivity contribution in [2.75, 3.05) is 34.0 Å². The second kappa shape index (κ2) is 8.04. The van der Waals surface area contributed by atoms with Crippen molar-refractivity contribution in [3.8, 4) is 0 Å². The minimum atomic E-state index is -4.15. The Kier molecular flexibility index (Phi) is 5.72. The highest BCUT2D eigenvalue weighted by atomic mass is 32.2. The van der Waals surface area contributed by atoms with Gasteiger partial charge in [-0.2, -0.15) is 9.29 Å². The Bertz CT molecular complexity index is 940. The molecule has 28 heavy (non-hydrogen) atoms. The molecule has 0 bridgehead atoms. The average molecular weight is 411 g/mol. The zero-order valence-corrected chi connectivity index (χ0v) is 15.8. The van der Waals surface area contributed by atoms with E-state index in [1.165, 1.54) is 6.07 Å². The molecule has 0 radical (unpaired) electrons. The molecule has 0 N–H and O–H groups in total. The van der Waals surface area contributed by atoms with Gasteiger partial charge >= 0.3 is 11.9 Å². The molecule has 2 aromatic rings. The Hall–Kier alpha value is -2.83. The number of sulfonamides is 1.